The van der Waals surface area contributed by atoms with Crippen LogP contribution in [0.15, 0.2) is 48.8 Å². The van der Waals surface area contributed by atoms with Crippen LogP contribution in [-0.4, -0.2) is 22.1 Å². The molecule has 0 fully saturated rings. The summed E-state index contributed by atoms with van der Waals surface area (Å²) in [5.41, 5.74) is 5.57. The first-order valence-corrected chi connectivity index (χ1v) is 8.89. The Morgan fingerprint density at radius 2 is 1.92 bits per heavy atom. The van der Waals surface area contributed by atoms with E-state index < -0.39 is 0 Å². The summed E-state index contributed by atoms with van der Waals surface area (Å²) in [5, 5.41) is 0. The molecular weight excluding hydrogens is 326 g/mol. The molecule has 5 heteroatoms. The van der Waals surface area contributed by atoms with Crippen LogP contribution in [-0.2, 0) is 19.4 Å². The smallest absolute Gasteiger partial charge is 0.214 e. The standard InChI is InChI=1S/C21H21N3O2/c1-25-20-10-4-7-16(23-20)14-26-21-12-18(15-6-5-11-22-13-15)17-8-2-3-9-19(17)24-21/h4-7,10-13H,2-3,8-9,14H2,1H3. The molecule has 0 N–H and O–H groups in total. The zero-order valence-corrected chi connectivity index (χ0v) is 14.8. The highest BCUT2D eigenvalue weighted by Crippen LogP contribution is 2.33. The van der Waals surface area contributed by atoms with Gasteiger partial charge in [0.05, 0.1) is 12.8 Å². The minimum atomic E-state index is 0.357. The van der Waals surface area contributed by atoms with Crippen molar-refractivity contribution < 1.29 is 9.47 Å². The van der Waals surface area contributed by atoms with Gasteiger partial charge in [-0.2, -0.15) is 0 Å². The number of hydrogen-bond donors (Lipinski definition) is 0. The molecule has 0 saturated heterocycles. The monoisotopic (exact) mass is 347 g/mol. The molecule has 1 aliphatic rings. The van der Waals surface area contributed by atoms with E-state index in [1.54, 1.807) is 13.3 Å². The zero-order valence-electron chi connectivity index (χ0n) is 14.8. The van der Waals surface area contributed by atoms with Crippen LogP contribution in [0.2, 0.25) is 0 Å². The molecule has 132 valence electrons. The van der Waals surface area contributed by atoms with E-state index in [1.165, 1.54) is 24.0 Å². The van der Waals surface area contributed by atoms with Gasteiger partial charge in [-0.3, -0.25) is 4.98 Å². The van der Waals surface area contributed by atoms with Crippen molar-refractivity contribution in [2.75, 3.05) is 7.11 Å². The van der Waals surface area contributed by atoms with E-state index in [-0.39, 0.29) is 0 Å². The Hall–Kier alpha value is -2.95. The molecule has 3 aromatic heterocycles. The van der Waals surface area contributed by atoms with Gasteiger partial charge in [-0.05, 0) is 48.9 Å². The fourth-order valence-electron chi connectivity index (χ4n) is 3.33. The molecule has 1 aliphatic carbocycles. The summed E-state index contributed by atoms with van der Waals surface area (Å²) in [6, 6.07) is 11.7. The van der Waals surface area contributed by atoms with Gasteiger partial charge in [0, 0.05) is 35.8 Å². The lowest BCUT2D eigenvalue weighted by atomic mass is 9.90. The fourth-order valence-corrected chi connectivity index (χ4v) is 3.33. The minimum absolute atomic E-state index is 0.357. The van der Waals surface area contributed by atoms with Gasteiger partial charge in [-0.1, -0.05) is 12.1 Å². The lowest BCUT2D eigenvalue weighted by Crippen LogP contribution is -2.09. The zero-order chi connectivity index (χ0) is 17.8. The Bertz CT molecular complexity index is 897. The van der Waals surface area contributed by atoms with E-state index in [2.05, 4.69) is 16.0 Å². The number of hydrogen-bond acceptors (Lipinski definition) is 5. The van der Waals surface area contributed by atoms with Crippen LogP contribution in [0.1, 0.15) is 29.8 Å². The van der Waals surface area contributed by atoms with Crippen molar-refractivity contribution >= 4 is 0 Å². The lowest BCUT2D eigenvalue weighted by molar-refractivity contribution is 0.285. The lowest BCUT2D eigenvalue weighted by Gasteiger charge is -2.20. The van der Waals surface area contributed by atoms with E-state index in [1.807, 2.05) is 36.5 Å². The summed E-state index contributed by atoms with van der Waals surface area (Å²) in [7, 11) is 1.61. The number of pyridine rings is 3. The summed E-state index contributed by atoms with van der Waals surface area (Å²) >= 11 is 0. The third kappa shape index (κ3) is 3.52. The van der Waals surface area contributed by atoms with Crippen LogP contribution in [0.3, 0.4) is 0 Å². The molecule has 4 rings (SSSR count). The molecule has 0 spiro atoms. The second kappa shape index (κ2) is 7.52. The molecule has 0 unspecified atom stereocenters. The van der Waals surface area contributed by atoms with Gasteiger partial charge in [0.15, 0.2) is 0 Å². The van der Waals surface area contributed by atoms with Crippen LogP contribution in [0, 0.1) is 0 Å². The second-order valence-corrected chi connectivity index (χ2v) is 6.34. The van der Waals surface area contributed by atoms with Crippen molar-refractivity contribution in [2.45, 2.75) is 32.3 Å². The van der Waals surface area contributed by atoms with Crippen molar-refractivity contribution in [3.63, 3.8) is 0 Å². The van der Waals surface area contributed by atoms with Gasteiger partial charge < -0.3 is 9.47 Å². The Balaban J connectivity index is 1.64. The highest BCUT2D eigenvalue weighted by atomic mass is 16.5. The van der Waals surface area contributed by atoms with E-state index in [0.29, 0.717) is 18.4 Å². The van der Waals surface area contributed by atoms with Crippen molar-refractivity contribution in [2.24, 2.45) is 0 Å². The van der Waals surface area contributed by atoms with Gasteiger partial charge in [-0.25, -0.2) is 9.97 Å². The number of aromatic nitrogens is 3. The van der Waals surface area contributed by atoms with Crippen LogP contribution >= 0.6 is 0 Å². The highest BCUT2D eigenvalue weighted by Gasteiger charge is 2.18. The van der Waals surface area contributed by atoms with Gasteiger partial charge in [0.2, 0.25) is 11.8 Å². The van der Waals surface area contributed by atoms with E-state index in [9.17, 15) is 0 Å². The average Bonchev–Trinajstić information content (AvgIpc) is 2.72. The van der Waals surface area contributed by atoms with E-state index in [4.69, 9.17) is 14.5 Å². The maximum Gasteiger partial charge on any atom is 0.214 e. The summed E-state index contributed by atoms with van der Waals surface area (Å²) < 4.78 is 11.1. The Morgan fingerprint density at radius 1 is 1.00 bits per heavy atom. The Labute approximate surface area is 153 Å². The van der Waals surface area contributed by atoms with Gasteiger partial charge in [-0.15, -0.1) is 0 Å². The van der Waals surface area contributed by atoms with E-state index in [0.717, 1.165) is 29.8 Å². The van der Waals surface area contributed by atoms with Crippen molar-refractivity contribution in [3.05, 3.63) is 65.7 Å². The maximum atomic E-state index is 5.97. The molecule has 0 atom stereocenters. The van der Waals surface area contributed by atoms with Crippen molar-refractivity contribution in [1.29, 1.82) is 0 Å². The summed E-state index contributed by atoms with van der Waals surface area (Å²) in [4.78, 5) is 13.4. The summed E-state index contributed by atoms with van der Waals surface area (Å²) in [5.74, 6) is 1.22. The normalized spacial score (nSPS) is 13.1. The predicted molar refractivity (Wildman–Crippen MR) is 99.2 cm³/mol. The SMILES string of the molecule is COc1cccc(COc2cc(-c3cccnc3)c3c(n2)CCCC3)n1. The van der Waals surface area contributed by atoms with Crippen LogP contribution < -0.4 is 9.47 Å². The predicted octanol–water partition coefficient (Wildman–Crippen LogP) is 4.01. The quantitative estimate of drug-likeness (QED) is 0.698. The van der Waals surface area contributed by atoms with Crippen LogP contribution in [0.25, 0.3) is 11.1 Å². The molecule has 3 heterocycles. The van der Waals surface area contributed by atoms with Gasteiger partial charge >= 0.3 is 0 Å². The molecule has 5 nitrogen and oxygen atoms in total. The molecule has 0 radical (unpaired) electrons. The molecule has 26 heavy (non-hydrogen) atoms. The maximum absolute atomic E-state index is 5.97. The van der Waals surface area contributed by atoms with Crippen LogP contribution in [0.4, 0.5) is 0 Å². The summed E-state index contributed by atoms with van der Waals surface area (Å²) in [6.07, 6.45) is 8.13. The molecule has 0 saturated carbocycles. The second-order valence-electron chi connectivity index (χ2n) is 6.34. The van der Waals surface area contributed by atoms with Gasteiger partial charge in [0.25, 0.3) is 0 Å². The largest absolute Gasteiger partial charge is 0.481 e. The first-order chi connectivity index (χ1) is 12.8. The number of methoxy groups -OCH3 is 1. The topological polar surface area (TPSA) is 57.1 Å². The molecule has 0 amide bonds. The molecule has 0 bridgehead atoms. The van der Waals surface area contributed by atoms with Crippen LogP contribution in [0.5, 0.6) is 11.8 Å². The number of nitrogens with zero attached hydrogens (tertiary/aromatic N) is 3. The number of rotatable bonds is 5. The summed E-state index contributed by atoms with van der Waals surface area (Å²) in [6.45, 7) is 0.357. The first-order valence-electron chi connectivity index (χ1n) is 8.89. The minimum Gasteiger partial charge on any atom is -0.481 e. The van der Waals surface area contributed by atoms with Gasteiger partial charge in [0.1, 0.15) is 6.61 Å². The third-order valence-corrected chi connectivity index (χ3v) is 4.61. The fraction of sp³-hybridized carbons (Fsp3) is 0.286. The number of ether oxygens (including phenoxy) is 2. The van der Waals surface area contributed by atoms with Crippen molar-refractivity contribution in [3.8, 4) is 22.9 Å². The average molecular weight is 347 g/mol. The van der Waals surface area contributed by atoms with E-state index >= 15 is 0 Å². The molecular formula is C21H21N3O2. The Kier molecular flexibility index (Phi) is 4.78. The Morgan fingerprint density at radius 3 is 2.77 bits per heavy atom. The molecule has 0 aromatic carbocycles. The molecule has 0 aliphatic heterocycles. The molecule has 3 aromatic rings. The number of fused-ring (bicyclic) bond motifs is 1. The first kappa shape index (κ1) is 16.5. The third-order valence-electron chi connectivity index (χ3n) is 4.61. The van der Waals surface area contributed by atoms with Crippen molar-refractivity contribution in [1.82, 2.24) is 15.0 Å². The highest BCUT2D eigenvalue weighted by molar-refractivity contribution is 5.68. The number of aryl methyl sites for hydroxylation is 1.